The van der Waals surface area contributed by atoms with Crippen LogP contribution in [0.2, 0.25) is 0 Å². The lowest BCUT2D eigenvalue weighted by Crippen LogP contribution is -1.96. The molecular weight excluding hydrogens is 214 g/mol. The van der Waals surface area contributed by atoms with Crippen molar-refractivity contribution in [1.29, 1.82) is 0 Å². The molecule has 7 heteroatoms. The monoisotopic (exact) mass is 217 g/mol. The summed E-state index contributed by atoms with van der Waals surface area (Å²) in [5, 5.41) is 3.82. The Morgan fingerprint density at radius 3 is 3.15 bits per heavy atom. The number of aromatic nitrogens is 3. The number of halogens is 1. The van der Waals surface area contributed by atoms with E-state index in [1.807, 2.05) is 0 Å². The summed E-state index contributed by atoms with van der Waals surface area (Å²) < 4.78 is 6.24. The fourth-order valence-corrected chi connectivity index (χ4v) is 1.71. The fourth-order valence-electron chi connectivity index (χ4n) is 0.892. The van der Waals surface area contributed by atoms with Crippen LogP contribution in [0, 0.1) is 0 Å². The van der Waals surface area contributed by atoms with Gasteiger partial charge < -0.3 is 4.74 Å². The summed E-state index contributed by atoms with van der Waals surface area (Å²) in [6.07, 6.45) is 1.38. The van der Waals surface area contributed by atoms with Gasteiger partial charge in [-0.2, -0.15) is 4.52 Å². The zero-order valence-corrected chi connectivity index (χ0v) is 8.09. The van der Waals surface area contributed by atoms with Gasteiger partial charge in [0.05, 0.1) is 13.3 Å². The Hall–Kier alpha value is -1.14. The van der Waals surface area contributed by atoms with Gasteiger partial charge in [0.1, 0.15) is 5.69 Å². The van der Waals surface area contributed by atoms with Crippen molar-refractivity contribution in [2.45, 2.75) is 0 Å². The Labute approximate surface area is 81.9 Å². The van der Waals surface area contributed by atoms with Crippen molar-refractivity contribution in [3.63, 3.8) is 0 Å². The Kier molecular flexibility index (Phi) is 1.93. The van der Waals surface area contributed by atoms with Crippen molar-refractivity contribution in [1.82, 2.24) is 14.6 Å². The predicted octanol–water partition coefficient (Wildman–Crippen LogP) is 1.18. The van der Waals surface area contributed by atoms with E-state index in [1.54, 1.807) is 0 Å². The van der Waals surface area contributed by atoms with E-state index in [9.17, 15) is 4.79 Å². The van der Waals surface area contributed by atoms with Crippen LogP contribution in [0.5, 0.6) is 5.19 Å². The molecule has 0 aromatic carbocycles. The first-order chi connectivity index (χ1) is 6.22. The normalized spacial score (nSPS) is 10.6. The van der Waals surface area contributed by atoms with Crippen LogP contribution in [0.1, 0.15) is 10.5 Å². The summed E-state index contributed by atoms with van der Waals surface area (Å²) in [6.45, 7) is 0. The van der Waals surface area contributed by atoms with Crippen molar-refractivity contribution in [2.75, 3.05) is 7.11 Å². The third kappa shape index (κ3) is 1.27. The molecule has 2 heterocycles. The molecule has 0 saturated heterocycles. The van der Waals surface area contributed by atoms with E-state index in [1.165, 1.54) is 29.2 Å². The smallest absolute Gasteiger partial charge is 0.294 e. The Morgan fingerprint density at radius 2 is 2.54 bits per heavy atom. The number of carbonyl (C=O) groups is 1. The number of fused-ring (bicyclic) bond motifs is 1. The first-order valence-corrected chi connectivity index (χ1v) is 4.50. The van der Waals surface area contributed by atoms with Crippen molar-refractivity contribution < 1.29 is 9.53 Å². The fraction of sp³-hybridized carbons (Fsp3) is 0.167. The summed E-state index contributed by atoms with van der Waals surface area (Å²) in [7, 11) is 1.50. The number of hydrogen-bond donors (Lipinski definition) is 0. The number of rotatable bonds is 2. The molecule has 2 rings (SSSR count). The molecule has 0 saturated carbocycles. The zero-order valence-electron chi connectivity index (χ0n) is 6.52. The Balaban J connectivity index is 2.65. The van der Waals surface area contributed by atoms with Gasteiger partial charge in [0.2, 0.25) is 4.96 Å². The molecule has 0 bridgehead atoms. The average molecular weight is 218 g/mol. The highest BCUT2D eigenvalue weighted by Gasteiger charge is 2.13. The van der Waals surface area contributed by atoms with Gasteiger partial charge in [0.25, 0.3) is 10.4 Å². The maximum atomic E-state index is 10.8. The second kappa shape index (κ2) is 2.97. The SMILES string of the molecule is COc1nn2c(C(=O)Cl)cnc2s1. The molecule has 0 N–H and O–H groups in total. The predicted molar refractivity (Wildman–Crippen MR) is 47.6 cm³/mol. The molecule has 5 nitrogen and oxygen atoms in total. The van der Waals surface area contributed by atoms with E-state index in [0.29, 0.717) is 10.2 Å². The summed E-state index contributed by atoms with van der Waals surface area (Å²) in [5.41, 5.74) is 0.246. The van der Waals surface area contributed by atoms with Crippen LogP contribution in [0.4, 0.5) is 0 Å². The van der Waals surface area contributed by atoms with Crippen LogP contribution in [-0.2, 0) is 0 Å². The van der Waals surface area contributed by atoms with Gasteiger partial charge in [-0.3, -0.25) is 4.79 Å². The van der Waals surface area contributed by atoms with E-state index in [0.717, 1.165) is 0 Å². The molecule has 0 amide bonds. The van der Waals surface area contributed by atoms with Crippen molar-refractivity contribution in [2.24, 2.45) is 0 Å². The van der Waals surface area contributed by atoms with Crippen LogP contribution in [0.3, 0.4) is 0 Å². The van der Waals surface area contributed by atoms with Crippen molar-refractivity contribution >= 4 is 33.1 Å². The van der Waals surface area contributed by atoms with Gasteiger partial charge in [-0.25, -0.2) is 4.98 Å². The number of nitrogens with zero attached hydrogens (tertiary/aromatic N) is 3. The largest absolute Gasteiger partial charge is 0.472 e. The topological polar surface area (TPSA) is 56.5 Å². The van der Waals surface area contributed by atoms with Gasteiger partial charge in [-0.1, -0.05) is 0 Å². The highest BCUT2D eigenvalue weighted by atomic mass is 35.5. The maximum absolute atomic E-state index is 10.8. The number of hydrogen-bond acceptors (Lipinski definition) is 5. The quantitative estimate of drug-likeness (QED) is 0.709. The molecule has 0 radical (unpaired) electrons. The number of carbonyl (C=O) groups excluding carboxylic acids is 1. The van der Waals surface area contributed by atoms with Gasteiger partial charge >= 0.3 is 0 Å². The number of ether oxygens (including phenoxy) is 1. The second-order valence-electron chi connectivity index (χ2n) is 2.18. The highest BCUT2D eigenvalue weighted by molar-refractivity contribution is 7.18. The lowest BCUT2D eigenvalue weighted by molar-refractivity contribution is 0.107. The van der Waals surface area contributed by atoms with Crippen LogP contribution >= 0.6 is 22.9 Å². The molecule has 13 heavy (non-hydrogen) atoms. The molecule has 0 aliphatic heterocycles. The number of imidazole rings is 1. The van der Waals surface area contributed by atoms with Crippen LogP contribution in [0.15, 0.2) is 6.20 Å². The van der Waals surface area contributed by atoms with E-state index in [2.05, 4.69) is 10.1 Å². The summed E-state index contributed by atoms with van der Waals surface area (Å²) >= 11 is 6.54. The summed E-state index contributed by atoms with van der Waals surface area (Å²) in [4.78, 5) is 15.4. The highest BCUT2D eigenvalue weighted by Crippen LogP contribution is 2.21. The maximum Gasteiger partial charge on any atom is 0.294 e. The van der Waals surface area contributed by atoms with Crippen molar-refractivity contribution in [3.8, 4) is 5.19 Å². The lowest BCUT2D eigenvalue weighted by atomic mass is 10.5. The molecule has 0 fully saturated rings. The van der Waals surface area contributed by atoms with E-state index in [4.69, 9.17) is 16.3 Å². The molecule has 0 spiro atoms. The summed E-state index contributed by atoms with van der Waals surface area (Å²) in [6, 6.07) is 0. The van der Waals surface area contributed by atoms with E-state index >= 15 is 0 Å². The van der Waals surface area contributed by atoms with Crippen molar-refractivity contribution in [3.05, 3.63) is 11.9 Å². The zero-order chi connectivity index (χ0) is 9.42. The molecule has 0 aliphatic rings. The molecule has 2 aromatic heterocycles. The minimum absolute atomic E-state index is 0.246. The van der Waals surface area contributed by atoms with Crippen LogP contribution in [0.25, 0.3) is 4.96 Å². The molecule has 2 aromatic rings. The Bertz CT molecular complexity index is 463. The molecular formula is C6H4ClN3O2S. The molecule has 68 valence electrons. The standard InChI is InChI=1S/C6H4ClN3O2S/c1-12-6-9-10-3(4(7)11)2-8-5(10)13-6/h2H,1H3. The van der Waals surface area contributed by atoms with Gasteiger partial charge in [-0.05, 0) is 22.9 Å². The lowest BCUT2D eigenvalue weighted by Gasteiger charge is -1.88. The number of methoxy groups -OCH3 is 1. The molecule has 0 unspecified atom stereocenters. The second-order valence-corrected chi connectivity index (χ2v) is 3.45. The summed E-state index contributed by atoms with van der Waals surface area (Å²) in [5.74, 6) is 0. The average Bonchev–Trinajstić information content (AvgIpc) is 2.59. The third-order valence-electron chi connectivity index (χ3n) is 1.44. The van der Waals surface area contributed by atoms with Crippen LogP contribution in [-0.4, -0.2) is 27.0 Å². The van der Waals surface area contributed by atoms with Crippen LogP contribution < -0.4 is 4.74 Å². The van der Waals surface area contributed by atoms with Gasteiger partial charge in [-0.15, -0.1) is 5.10 Å². The minimum atomic E-state index is -0.583. The third-order valence-corrected chi connectivity index (χ3v) is 2.52. The van der Waals surface area contributed by atoms with Gasteiger partial charge in [0.15, 0.2) is 0 Å². The minimum Gasteiger partial charge on any atom is -0.472 e. The van der Waals surface area contributed by atoms with Gasteiger partial charge in [0, 0.05) is 0 Å². The van der Waals surface area contributed by atoms with E-state index in [-0.39, 0.29) is 5.69 Å². The molecule has 0 atom stereocenters. The first kappa shape index (κ1) is 8.46. The first-order valence-electron chi connectivity index (χ1n) is 3.31. The Morgan fingerprint density at radius 1 is 1.77 bits per heavy atom. The van der Waals surface area contributed by atoms with E-state index < -0.39 is 5.24 Å². The molecule has 0 aliphatic carbocycles.